The molecular weight excluding hydrogens is 607 g/mol. The summed E-state index contributed by atoms with van der Waals surface area (Å²) in [7, 11) is 0. The quantitative estimate of drug-likeness (QED) is 0.108. The van der Waals surface area contributed by atoms with Crippen LogP contribution < -0.4 is 4.90 Å². The molecule has 1 aliphatic heterocycles. The number of anilines is 1. The molecule has 1 aromatic heterocycles. The van der Waals surface area contributed by atoms with E-state index in [1.54, 1.807) is 0 Å². The Morgan fingerprint density at radius 2 is 1.56 bits per heavy atom. The molecule has 0 saturated heterocycles. The number of nitrogens with zero attached hydrogens (tertiary/aromatic N) is 3. The summed E-state index contributed by atoms with van der Waals surface area (Å²) in [5.74, 6) is 0.756. The van der Waals surface area contributed by atoms with Crippen LogP contribution in [0.1, 0.15) is 49.7 Å². The van der Waals surface area contributed by atoms with Crippen LogP contribution >= 0.6 is 0 Å². The maximum atomic E-state index is 5.15. The topological polar surface area (TPSA) is 29.0 Å². The van der Waals surface area contributed by atoms with Gasteiger partial charge in [-0.05, 0) is 90.6 Å². The molecular formula is C47H45N3. The van der Waals surface area contributed by atoms with Crippen molar-refractivity contribution >= 4 is 5.69 Å². The number of rotatable bonds is 8. The van der Waals surface area contributed by atoms with Gasteiger partial charge in [-0.1, -0.05) is 123 Å². The van der Waals surface area contributed by atoms with Crippen LogP contribution in [-0.2, 0) is 12.8 Å². The van der Waals surface area contributed by atoms with E-state index in [1.807, 2.05) is 26.8 Å². The number of terminal acetylenes is 1. The predicted octanol–water partition coefficient (Wildman–Crippen LogP) is 11.3. The van der Waals surface area contributed by atoms with Gasteiger partial charge in [-0.3, -0.25) is 0 Å². The molecule has 4 aromatic rings. The number of hydrogen-bond donors (Lipinski definition) is 0. The zero-order valence-electron chi connectivity index (χ0n) is 29.6. The largest absolute Gasteiger partial charge is 0.327 e. The molecule has 3 aliphatic rings. The molecule has 0 amide bonds. The SMILES string of the molecule is C#C.C/C=C\C=C/Cc1cc(Cc2ccccc2-c2ccccc2C)nc(-c2ccc(N3C4=C=C(C=CC=C4)C4=CC=CCC43)cc2)n1.CC. The molecule has 0 spiro atoms. The fourth-order valence-corrected chi connectivity index (χ4v) is 6.48. The Hall–Kier alpha value is -5.94. The van der Waals surface area contributed by atoms with Crippen molar-refractivity contribution in [2.24, 2.45) is 0 Å². The molecule has 1 atom stereocenters. The molecule has 3 heteroatoms. The Bertz CT molecular complexity index is 2070. The van der Waals surface area contributed by atoms with E-state index >= 15 is 0 Å². The third kappa shape index (κ3) is 8.01. The van der Waals surface area contributed by atoms with Gasteiger partial charge in [0.05, 0.1) is 11.7 Å². The summed E-state index contributed by atoms with van der Waals surface area (Å²) in [5, 5.41) is 0. The first-order valence-corrected chi connectivity index (χ1v) is 17.4. The molecule has 0 N–H and O–H groups in total. The van der Waals surface area contributed by atoms with Gasteiger partial charge in [0.2, 0.25) is 0 Å². The summed E-state index contributed by atoms with van der Waals surface area (Å²) < 4.78 is 0. The van der Waals surface area contributed by atoms with Gasteiger partial charge in [0.1, 0.15) is 0 Å². The standard InChI is InChI=1S/C43H37N3.C2H6.C2H2/c1-3-4-5-6-18-35-30-36(28-33-16-9-12-21-40(33)39-20-11-7-15-31(39)2)45-43(44-35)32-24-26-37(27-25-32)46-38-19-10-8-17-34(29-38)41-22-13-14-23-42(41)46;2*1-2/h3-17,19-22,24-27,30,42H,18,23,28H2,1-2H3;1-2H3;1-2H/b4-3-,6-5-;;. The Morgan fingerprint density at radius 1 is 0.840 bits per heavy atom. The van der Waals surface area contributed by atoms with Gasteiger partial charge in [-0.25, -0.2) is 9.97 Å². The number of aromatic nitrogens is 2. The van der Waals surface area contributed by atoms with E-state index in [1.165, 1.54) is 33.4 Å². The van der Waals surface area contributed by atoms with Gasteiger partial charge in [0.15, 0.2) is 5.82 Å². The van der Waals surface area contributed by atoms with E-state index in [9.17, 15) is 0 Å². The molecule has 2 heterocycles. The van der Waals surface area contributed by atoms with E-state index in [4.69, 9.17) is 9.97 Å². The van der Waals surface area contributed by atoms with Crippen molar-refractivity contribution in [1.29, 1.82) is 0 Å². The highest BCUT2D eigenvalue weighted by Crippen LogP contribution is 2.38. The summed E-state index contributed by atoms with van der Waals surface area (Å²) in [6.07, 6.45) is 33.9. The maximum absolute atomic E-state index is 5.15. The Balaban J connectivity index is 0.00000117. The van der Waals surface area contributed by atoms with Crippen molar-refractivity contribution in [1.82, 2.24) is 9.97 Å². The summed E-state index contributed by atoms with van der Waals surface area (Å²) >= 11 is 0. The van der Waals surface area contributed by atoms with Gasteiger partial charge >= 0.3 is 0 Å². The fraction of sp³-hybridized carbons (Fsp3) is 0.170. The van der Waals surface area contributed by atoms with Crippen molar-refractivity contribution in [2.45, 2.75) is 53.0 Å². The van der Waals surface area contributed by atoms with Crippen molar-refractivity contribution in [3.63, 3.8) is 0 Å². The lowest BCUT2D eigenvalue weighted by Gasteiger charge is -2.38. The molecule has 0 fully saturated rings. The number of allylic oxidation sites excluding steroid dienone is 9. The molecule has 7 rings (SSSR count). The second kappa shape index (κ2) is 17.5. The minimum atomic E-state index is 0.248. The summed E-state index contributed by atoms with van der Waals surface area (Å²) in [4.78, 5) is 12.6. The van der Waals surface area contributed by atoms with Gasteiger partial charge in [-0.2, -0.15) is 0 Å². The summed E-state index contributed by atoms with van der Waals surface area (Å²) in [6, 6.07) is 28.4. The molecule has 248 valence electrons. The van der Waals surface area contributed by atoms with E-state index in [0.717, 1.165) is 53.4 Å². The normalized spacial score (nSPS) is 15.6. The van der Waals surface area contributed by atoms with Crippen LogP contribution in [-0.4, -0.2) is 16.0 Å². The highest BCUT2D eigenvalue weighted by molar-refractivity contribution is 5.72. The first-order valence-electron chi connectivity index (χ1n) is 17.4. The number of fused-ring (bicyclic) bond motifs is 2. The lowest BCUT2D eigenvalue weighted by Crippen LogP contribution is -2.38. The van der Waals surface area contributed by atoms with Crippen molar-refractivity contribution in [2.75, 3.05) is 4.90 Å². The number of aryl methyl sites for hydroxylation is 1. The van der Waals surface area contributed by atoms with Crippen LogP contribution in [0.5, 0.6) is 0 Å². The molecule has 0 radical (unpaired) electrons. The first kappa shape index (κ1) is 35.4. The van der Waals surface area contributed by atoms with E-state index < -0.39 is 0 Å². The first-order chi connectivity index (χ1) is 24.7. The van der Waals surface area contributed by atoms with E-state index in [0.29, 0.717) is 0 Å². The van der Waals surface area contributed by atoms with Crippen LogP contribution in [0.3, 0.4) is 0 Å². The molecule has 3 aromatic carbocycles. The summed E-state index contributed by atoms with van der Waals surface area (Å²) in [5.41, 5.74) is 16.4. The average Bonchev–Trinajstić information content (AvgIpc) is 3.39. The minimum Gasteiger partial charge on any atom is -0.327 e. The van der Waals surface area contributed by atoms with Crippen molar-refractivity contribution in [3.8, 4) is 35.4 Å². The van der Waals surface area contributed by atoms with Crippen LogP contribution in [0.15, 0.2) is 168 Å². The lowest BCUT2D eigenvalue weighted by molar-refractivity contribution is 0.723. The highest BCUT2D eigenvalue weighted by Gasteiger charge is 2.30. The fourth-order valence-electron chi connectivity index (χ4n) is 6.48. The molecule has 50 heavy (non-hydrogen) atoms. The predicted molar refractivity (Wildman–Crippen MR) is 213 cm³/mol. The van der Waals surface area contributed by atoms with Crippen LogP contribution in [0.2, 0.25) is 0 Å². The van der Waals surface area contributed by atoms with Gasteiger partial charge in [0, 0.05) is 41.1 Å². The minimum absolute atomic E-state index is 0.248. The number of benzene rings is 3. The second-order valence-corrected chi connectivity index (χ2v) is 11.8. The lowest BCUT2D eigenvalue weighted by atomic mass is 9.88. The molecule has 3 nitrogen and oxygen atoms in total. The van der Waals surface area contributed by atoms with Gasteiger partial charge in [0.25, 0.3) is 0 Å². The zero-order chi connectivity index (χ0) is 35.3. The summed E-state index contributed by atoms with van der Waals surface area (Å²) in [6.45, 7) is 8.20. The Labute approximate surface area is 298 Å². The van der Waals surface area contributed by atoms with Crippen molar-refractivity contribution in [3.05, 3.63) is 191 Å². The monoisotopic (exact) mass is 651 g/mol. The third-order valence-corrected chi connectivity index (χ3v) is 8.73. The zero-order valence-corrected chi connectivity index (χ0v) is 29.6. The average molecular weight is 652 g/mol. The third-order valence-electron chi connectivity index (χ3n) is 8.73. The molecule has 2 aliphatic carbocycles. The number of hydrogen-bond acceptors (Lipinski definition) is 3. The van der Waals surface area contributed by atoms with Gasteiger partial charge < -0.3 is 4.90 Å². The van der Waals surface area contributed by atoms with E-state index in [-0.39, 0.29) is 6.04 Å². The molecule has 2 bridgehead atoms. The Kier molecular flexibility index (Phi) is 12.3. The van der Waals surface area contributed by atoms with Crippen LogP contribution in [0.25, 0.3) is 22.5 Å². The maximum Gasteiger partial charge on any atom is 0.159 e. The van der Waals surface area contributed by atoms with Gasteiger partial charge in [-0.15, -0.1) is 12.8 Å². The molecule has 1 unspecified atom stereocenters. The Morgan fingerprint density at radius 3 is 2.34 bits per heavy atom. The van der Waals surface area contributed by atoms with Crippen LogP contribution in [0, 0.1) is 19.8 Å². The molecule has 0 saturated carbocycles. The van der Waals surface area contributed by atoms with Crippen molar-refractivity contribution < 1.29 is 0 Å². The van der Waals surface area contributed by atoms with Crippen LogP contribution in [0.4, 0.5) is 5.69 Å². The van der Waals surface area contributed by atoms with E-state index in [2.05, 4.69) is 170 Å². The smallest absolute Gasteiger partial charge is 0.159 e. The second-order valence-electron chi connectivity index (χ2n) is 11.8. The highest BCUT2D eigenvalue weighted by atomic mass is 15.2.